The molecule has 0 aromatic heterocycles. The van der Waals surface area contributed by atoms with Gasteiger partial charge in [-0.25, -0.2) is 8.42 Å². The third kappa shape index (κ3) is 3.76. The van der Waals surface area contributed by atoms with Crippen LogP contribution in [0, 0.1) is 0 Å². The van der Waals surface area contributed by atoms with Crippen molar-refractivity contribution in [1.82, 2.24) is 4.31 Å². The van der Waals surface area contributed by atoms with Crippen molar-refractivity contribution < 1.29 is 17.9 Å². The largest absolute Gasteiger partial charge is 0.368 e. The Hall–Kier alpha value is -2.22. The maximum Gasteiger partial charge on any atom is 0.253 e. The van der Waals surface area contributed by atoms with Crippen LogP contribution in [0.1, 0.15) is 24.0 Å². The molecule has 2 aliphatic rings. The molecule has 0 aliphatic carbocycles. The zero-order chi connectivity index (χ0) is 18.9. The maximum atomic E-state index is 13.0. The fourth-order valence-corrected chi connectivity index (χ4v) is 4.96. The second-order valence-corrected chi connectivity index (χ2v) is 8.81. The molecule has 0 bridgehead atoms. The highest BCUT2D eigenvalue weighted by Gasteiger charge is 2.28. The lowest BCUT2D eigenvalue weighted by molar-refractivity contribution is -0.124. The van der Waals surface area contributed by atoms with Gasteiger partial charge in [0.25, 0.3) is 5.91 Å². The third-order valence-corrected chi connectivity index (χ3v) is 6.94. The summed E-state index contributed by atoms with van der Waals surface area (Å²) in [5.74, 6) is -0.184. The summed E-state index contributed by atoms with van der Waals surface area (Å²) in [5, 5.41) is 2.78. The molecule has 1 saturated heterocycles. The number of amides is 1. The fraction of sp³-hybridized carbons (Fsp3) is 0.350. The molecule has 0 spiro atoms. The van der Waals surface area contributed by atoms with Gasteiger partial charge in [0.2, 0.25) is 10.0 Å². The summed E-state index contributed by atoms with van der Waals surface area (Å²) in [5.41, 5.74) is 2.82. The summed E-state index contributed by atoms with van der Waals surface area (Å²) in [6.07, 6.45) is 1.90. The molecule has 2 aromatic carbocycles. The first-order valence-electron chi connectivity index (χ1n) is 9.13. The van der Waals surface area contributed by atoms with Crippen LogP contribution in [0.15, 0.2) is 53.4 Å². The number of rotatable bonds is 4. The fourth-order valence-electron chi connectivity index (χ4n) is 3.54. The van der Waals surface area contributed by atoms with E-state index in [2.05, 4.69) is 5.32 Å². The number of carbonyl (C=O) groups is 1. The Morgan fingerprint density at radius 1 is 1.07 bits per heavy atom. The Kier molecular flexibility index (Phi) is 4.99. The van der Waals surface area contributed by atoms with Crippen LogP contribution in [0.25, 0.3) is 0 Å². The smallest absolute Gasteiger partial charge is 0.253 e. The van der Waals surface area contributed by atoms with Gasteiger partial charge in [0.05, 0.1) is 4.90 Å². The van der Waals surface area contributed by atoms with Gasteiger partial charge in [-0.05, 0) is 54.7 Å². The lowest BCUT2D eigenvalue weighted by atomic mass is 10.0. The summed E-state index contributed by atoms with van der Waals surface area (Å²) >= 11 is 0. The Morgan fingerprint density at radius 2 is 1.81 bits per heavy atom. The minimum absolute atomic E-state index is 0.184. The molecule has 27 heavy (non-hydrogen) atoms. The average Bonchev–Trinajstić information content (AvgIpc) is 3.23. The first-order valence-corrected chi connectivity index (χ1v) is 10.6. The molecule has 0 saturated carbocycles. The Bertz CT molecular complexity index is 935. The van der Waals surface area contributed by atoms with Crippen LogP contribution >= 0.6 is 0 Å². The molecule has 1 amide bonds. The predicted octanol–water partition coefficient (Wildman–Crippen LogP) is 2.55. The topological polar surface area (TPSA) is 75.7 Å². The number of anilines is 1. The molecular formula is C20H22N2O4S. The van der Waals surface area contributed by atoms with E-state index in [4.69, 9.17) is 4.74 Å². The van der Waals surface area contributed by atoms with Crippen LogP contribution in [-0.2, 0) is 32.5 Å². The highest BCUT2D eigenvalue weighted by Crippen LogP contribution is 2.26. The maximum absolute atomic E-state index is 13.0. The van der Waals surface area contributed by atoms with Crippen LogP contribution in [0.5, 0.6) is 0 Å². The standard InChI is InChI=1S/C20H22N2O4S/c23-20(19-6-3-13-26-19)21-17-7-9-18(10-8-17)27(24,25)22-12-11-15-4-1-2-5-16(15)14-22/h1-2,4-5,7-10,19H,3,6,11-14H2,(H,21,23)/t19-/m1/s1. The molecule has 2 heterocycles. The van der Waals surface area contributed by atoms with Gasteiger partial charge < -0.3 is 10.1 Å². The van der Waals surface area contributed by atoms with Crippen LogP contribution in [0.4, 0.5) is 5.69 Å². The van der Waals surface area contributed by atoms with Crippen molar-refractivity contribution in [3.8, 4) is 0 Å². The van der Waals surface area contributed by atoms with Gasteiger partial charge >= 0.3 is 0 Å². The molecule has 1 N–H and O–H groups in total. The highest BCUT2D eigenvalue weighted by molar-refractivity contribution is 7.89. The van der Waals surface area contributed by atoms with Crippen LogP contribution in [0.3, 0.4) is 0 Å². The monoisotopic (exact) mass is 386 g/mol. The summed E-state index contributed by atoms with van der Waals surface area (Å²) < 4.78 is 32.8. The SMILES string of the molecule is O=C(Nc1ccc(S(=O)(=O)N2CCc3ccccc3C2)cc1)[C@H]1CCCO1. The van der Waals surface area contributed by atoms with Gasteiger partial charge in [0, 0.05) is 25.4 Å². The van der Waals surface area contributed by atoms with Crippen molar-refractivity contribution in [1.29, 1.82) is 0 Å². The number of nitrogens with one attached hydrogen (secondary N) is 1. The Labute approximate surface area is 159 Å². The molecule has 1 fully saturated rings. The quantitative estimate of drug-likeness (QED) is 0.876. The molecular weight excluding hydrogens is 364 g/mol. The van der Waals surface area contributed by atoms with E-state index in [1.165, 1.54) is 9.87 Å². The van der Waals surface area contributed by atoms with Gasteiger partial charge in [-0.2, -0.15) is 4.31 Å². The van der Waals surface area contributed by atoms with Gasteiger partial charge in [-0.15, -0.1) is 0 Å². The normalized spacial score (nSPS) is 20.2. The third-order valence-electron chi connectivity index (χ3n) is 5.08. The lowest BCUT2D eigenvalue weighted by Gasteiger charge is -2.28. The van der Waals surface area contributed by atoms with E-state index < -0.39 is 16.1 Å². The minimum atomic E-state index is -3.57. The number of nitrogens with zero attached hydrogens (tertiary/aromatic N) is 1. The van der Waals surface area contributed by atoms with Gasteiger partial charge in [-0.1, -0.05) is 24.3 Å². The second-order valence-electron chi connectivity index (χ2n) is 6.87. The number of hydrogen-bond acceptors (Lipinski definition) is 4. The zero-order valence-corrected chi connectivity index (χ0v) is 15.7. The van der Waals surface area contributed by atoms with E-state index in [9.17, 15) is 13.2 Å². The van der Waals surface area contributed by atoms with Crippen molar-refractivity contribution in [2.45, 2.75) is 36.8 Å². The molecule has 0 unspecified atom stereocenters. The van der Waals surface area contributed by atoms with E-state index >= 15 is 0 Å². The van der Waals surface area contributed by atoms with Crippen LogP contribution in [0.2, 0.25) is 0 Å². The number of carbonyl (C=O) groups excluding carboxylic acids is 1. The summed E-state index contributed by atoms with van der Waals surface area (Å²) in [6.45, 7) is 1.46. The number of ether oxygens (including phenoxy) is 1. The van der Waals surface area contributed by atoms with Crippen LogP contribution < -0.4 is 5.32 Å². The summed E-state index contributed by atoms with van der Waals surface area (Å²) in [6, 6.07) is 14.3. The minimum Gasteiger partial charge on any atom is -0.368 e. The molecule has 142 valence electrons. The summed E-state index contributed by atoms with van der Waals surface area (Å²) in [7, 11) is -3.57. The van der Waals surface area contributed by atoms with E-state index in [0.29, 0.717) is 38.2 Å². The zero-order valence-electron chi connectivity index (χ0n) is 14.9. The van der Waals surface area contributed by atoms with Crippen molar-refractivity contribution in [2.24, 2.45) is 0 Å². The van der Waals surface area contributed by atoms with E-state index in [1.54, 1.807) is 24.3 Å². The van der Waals surface area contributed by atoms with Crippen molar-refractivity contribution in [3.05, 3.63) is 59.7 Å². The molecule has 4 rings (SSSR count). The van der Waals surface area contributed by atoms with Crippen molar-refractivity contribution in [2.75, 3.05) is 18.5 Å². The van der Waals surface area contributed by atoms with Crippen molar-refractivity contribution >= 4 is 21.6 Å². The first kappa shape index (κ1) is 18.2. The second kappa shape index (κ2) is 7.42. The van der Waals surface area contributed by atoms with E-state index in [1.807, 2.05) is 24.3 Å². The van der Waals surface area contributed by atoms with E-state index in [-0.39, 0.29) is 10.8 Å². The van der Waals surface area contributed by atoms with E-state index in [0.717, 1.165) is 12.0 Å². The Balaban J connectivity index is 1.47. The Morgan fingerprint density at radius 3 is 2.52 bits per heavy atom. The van der Waals surface area contributed by atoms with Gasteiger partial charge in [0.15, 0.2) is 0 Å². The lowest BCUT2D eigenvalue weighted by Crippen LogP contribution is -2.35. The predicted molar refractivity (Wildman–Crippen MR) is 102 cm³/mol. The first-order chi connectivity index (χ1) is 13.0. The molecule has 7 heteroatoms. The number of hydrogen-bond donors (Lipinski definition) is 1. The molecule has 1 atom stereocenters. The van der Waals surface area contributed by atoms with Gasteiger partial charge in [-0.3, -0.25) is 4.79 Å². The van der Waals surface area contributed by atoms with Crippen LogP contribution in [-0.4, -0.2) is 37.9 Å². The molecule has 0 radical (unpaired) electrons. The molecule has 2 aromatic rings. The molecule has 2 aliphatic heterocycles. The number of fused-ring (bicyclic) bond motifs is 1. The van der Waals surface area contributed by atoms with Gasteiger partial charge in [0.1, 0.15) is 6.10 Å². The highest BCUT2D eigenvalue weighted by atomic mass is 32.2. The summed E-state index contributed by atoms with van der Waals surface area (Å²) in [4.78, 5) is 12.3. The molecule has 6 nitrogen and oxygen atoms in total. The number of sulfonamides is 1. The number of benzene rings is 2. The average molecular weight is 386 g/mol. The van der Waals surface area contributed by atoms with Crippen molar-refractivity contribution in [3.63, 3.8) is 0 Å².